The van der Waals surface area contributed by atoms with Gasteiger partial charge in [0, 0.05) is 11.8 Å². The minimum atomic E-state index is -1.34. The summed E-state index contributed by atoms with van der Waals surface area (Å²) < 4.78 is 18.7. The molecule has 5 heteroatoms. The number of ether oxygens (including phenoxy) is 1. The molecule has 0 aliphatic carbocycles. The lowest BCUT2D eigenvalue weighted by Crippen LogP contribution is -2.04. The molecule has 0 amide bonds. The predicted molar refractivity (Wildman–Crippen MR) is 63.1 cm³/mol. The Labute approximate surface area is 103 Å². The lowest BCUT2D eigenvalue weighted by atomic mass is 10.0. The number of pyridine rings is 1. The Morgan fingerprint density at radius 3 is 2.78 bits per heavy atom. The standard InChI is InChI=1S/C13H10FNO3/c1-18-10-6-3-7-15-12(10)8-4-2-5-9(14)11(8)13(16)17/h2-7H,1H3,(H,16,17). The fourth-order valence-corrected chi connectivity index (χ4v) is 1.70. The second kappa shape index (κ2) is 4.83. The van der Waals surface area contributed by atoms with Crippen molar-refractivity contribution >= 4 is 5.97 Å². The third-order valence-corrected chi connectivity index (χ3v) is 2.47. The topological polar surface area (TPSA) is 59.4 Å². The van der Waals surface area contributed by atoms with Crippen LogP contribution in [0.3, 0.4) is 0 Å². The number of benzene rings is 1. The van der Waals surface area contributed by atoms with E-state index in [2.05, 4.69) is 4.98 Å². The Morgan fingerprint density at radius 2 is 2.11 bits per heavy atom. The van der Waals surface area contributed by atoms with Crippen LogP contribution in [-0.4, -0.2) is 23.2 Å². The summed E-state index contributed by atoms with van der Waals surface area (Å²) in [6.45, 7) is 0. The molecule has 1 N–H and O–H groups in total. The van der Waals surface area contributed by atoms with Gasteiger partial charge in [0.1, 0.15) is 22.8 Å². The summed E-state index contributed by atoms with van der Waals surface area (Å²) in [5.41, 5.74) is 0.0892. The molecule has 0 saturated heterocycles. The molecule has 92 valence electrons. The zero-order valence-electron chi connectivity index (χ0n) is 9.55. The quantitative estimate of drug-likeness (QED) is 0.905. The van der Waals surface area contributed by atoms with Crippen molar-refractivity contribution in [1.29, 1.82) is 0 Å². The second-order valence-corrected chi connectivity index (χ2v) is 3.52. The van der Waals surface area contributed by atoms with E-state index in [1.165, 1.54) is 25.4 Å². The molecule has 0 aliphatic rings. The van der Waals surface area contributed by atoms with E-state index in [1.807, 2.05) is 0 Å². The number of hydrogen-bond donors (Lipinski definition) is 1. The SMILES string of the molecule is COc1cccnc1-c1cccc(F)c1C(=O)O. The van der Waals surface area contributed by atoms with E-state index in [-0.39, 0.29) is 5.56 Å². The molecule has 2 aromatic rings. The zero-order valence-corrected chi connectivity index (χ0v) is 9.55. The van der Waals surface area contributed by atoms with E-state index in [0.717, 1.165) is 6.07 Å². The number of nitrogens with zero attached hydrogens (tertiary/aromatic N) is 1. The number of aromatic nitrogens is 1. The lowest BCUT2D eigenvalue weighted by Gasteiger charge is -2.10. The smallest absolute Gasteiger partial charge is 0.339 e. The predicted octanol–water partition coefficient (Wildman–Crippen LogP) is 2.59. The molecule has 0 bridgehead atoms. The van der Waals surface area contributed by atoms with Gasteiger partial charge in [-0.1, -0.05) is 12.1 Å². The molecule has 0 fully saturated rings. The summed E-state index contributed by atoms with van der Waals surface area (Å²) in [4.78, 5) is 15.2. The van der Waals surface area contributed by atoms with Crippen LogP contribution in [0.5, 0.6) is 5.75 Å². The Kier molecular flexibility index (Phi) is 3.23. The lowest BCUT2D eigenvalue weighted by molar-refractivity contribution is 0.0693. The van der Waals surface area contributed by atoms with E-state index < -0.39 is 17.3 Å². The van der Waals surface area contributed by atoms with Crippen LogP contribution in [0.2, 0.25) is 0 Å². The third-order valence-electron chi connectivity index (χ3n) is 2.47. The van der Waals surface area contributed by atoms with Crippen LogP contribution in [0.1, 0.15) is 10.4 Å². The largest absolute Gasteiger partial charge is 0.494 e. The van der Waals surface area contributed by atoms with E-state index in [0.29, 0.717) is 11.4 Å². The molecular formula is C13H10FNO3. The highest BCUT2D eigenvalue weighted by Crippen LogP contribution is 2.31. The Bertz CT molecular complexity index is 599. The maximum atomic E-state index is 13.6. The molecule has 0 spiro atoms. The van der Waals surface area contributed by atoms with Gasteiger partial charge in [0.15, 0.2) is 0 Å². The average Bonchev–Trinajstić information content (AvgIpc) is 2.38. The van der Waals surface area contributed by atoms with Crippen LogP contribution < -0.4 is 4.74 Å². The van der Waals surface area contributed by atoms with Gasteiger partial charge in [0.05, 0.1) is 7.11 Å². The highest BCUT2D eigenvalue weighted by Gasteiger charge is 2.19. The van der Waals surface area contributed by atoms with E-state index in [4.69, 9.17) is 9.84 Å². The van der Waals surface area contributed by atoms with Crippen molar-refractivity contribution in [3.8, 4) is 17.0 Å². The maximum Gasteiger partial charge on any atom is 0.339 e. The fraction of sp³-hybridized carbons (Fsp3) is 0.0769. The van der Waals surface area contributed by atoms with E-state index in [9.17, 15) is 9.18 Å². The number of aromatic carboxylic acids is 1. The average molecular weight is 247 g/mol. The Balaban J connectivity index is 2.71. The van der Waals surface area contributed by atoms with Gasteiger partial charge in [-0.3, -0.25) is 4.98 Å². The molecule has 4 nitrogen and oxygen atoms in total. The molecule has 1 aromatic heterocycles. The minimum absolute atomic E-state index is 0.194. The summed E-state index contributed by atoms with van der Waals surface area (Å²) in [7, 11) is 1.44. The summed E-state index contributed by atoms with van der Waals surface area (Å²) in [6, 6.07) is 7.33. The zero-order chi connectivity index (χ0) is 13.1. The van der Waals surface area contributed by atoms with Crippen LogP contribution in [0.25, 0.3) is 11.3 Å². The number of carboxylic acids is 1. The number of carboxylic acid groups (broad SMARTS) is 1. The van der Waals surface area contributed by atoms with Crippen molar-refractivity contribution < 1.29 is 19.0 Å². The highest BCUT2D eigenvalue weighted by atomic mass is 19.1. The van der Waals surface area contributed by atoms with Crippen molar-refractivity contribution in [2.24, 2.45) is 0 Å². The summed E-state index contributed by atoms with van der Waals surface area (Å²) >= 11 is 0. The first-order valence-electron chi connectivity index (χ1n) is 5.16. The van der Waals surface area contributed by atoms with Gasteiger partial charge >= 0.3 is 5.97 Å². The van der Waals surface area contributed by atoms with Crippen LogP contribution in [-0.2, 0) is 0 Å². The summed E-state index contributed by atoms with van der Waals surface area (Å²) in [6.07, 6.45) is 1.49. The highest BCUT2D eigenvalue weighted by molar-refractivity contribution is 5.96. The van der Waals surface area contributed by atoms with Crippen molar-refractivity contribution in [2.45, 2.75) is 0 Å². The van der Waals surface area contributed by atoms with Gasteiger partial charge in [-0.25, -0.2) is 9.18 Å². The first-order valence-corrected chi connectivity index (χ1v) is 5.16. The first kappa shape index (κ1) is 12.0. The van der Waals surface area contributed by atoms with Crippen LogP contribution in [0.4, 0.5) is 4.39 Å². The molecule has 1 heterocycles. The normalized spacial score (nSPS) is 10.1. The van der Waals surface area contributed by atoms with Crippen molar-refractivity contribution in [3.63, 3.8) is 0 Å². The number of carbonyl (C=O) groups is 1. The van der Waals surface area contributed by atoms with Gasteiger partial charge in [0.2, 0.25) is 0 Å². The van der Waals surface area contributed by atoms with Gasteiger partial charge in [-0.2, -0.15) is 0 Å². The second-order valence-electron chi connectivity index (χ2n) is 3.52. The van der Waals surface area contributed by atoms with Crippen LogP contribution in [0.15, 0.2) is 36.5 Å². The van der Waals surface area contributed by atoms with Crippen molar-refractivity contribution in [2.75, 3.05) is 7.11 Å². The Morgan fingerprint density at radius 1 is 1.33 bits per heavy atom. The molecular weight excluding hydrogens is 237 g/mol. The maximum absolute atomic E-state index is 13.6. The van der Waals surface area contributed by atoms with Crippen molar-refractivity contribution in [3.05, 3.63) is 47.9 Å². The van der Waals surface area contributed by atoms with Crippen LogP contribution in [0, 0.1) is 5.82 Å². The monoisotopic (exact) mass is 247 g/mol. The molecule has 0 radical (unpaired) electrons. The number of halogens is 1. The van der Waals surface area contributed by atoms with Gasteiger partial charge in [0.25, 0.3) is 0 Å². The number of rotatable bonds is 3. The minimum Gasteiger partial charge on any atom is -0.494 e. The molecule has 0 unspecified atom stereocenters. The molecule has 2 rings (SSSR count). The number of methoxy groups -OCH3 is 1. The molecule has 0 atom stereocenters. The molecule has 0 saturated carbocycles. The molecule has 18 heavy (non-hydrogen) atoms. The Hall–Kier alpha value is -2.43. The molecule has 1 aromatic carbocycles. The van der Waals surface area contributed by atoms with Crippen LogP contribution >= 0.6 is 0 Å². The molecule has 0 aliphatic heterocycles. The van der Waals surface area contributed by atoms with Crippen molar-refractivity contribution in [1.82, 2.24) is 4.98 Å². The van der Waals surface area contributed by atoms with Gasteiger partial charge < -0.3 is 9.84 Å². The number of hydrogen-bond acceptors (Lipinski definition) is 3. The van der Waals surface area contributed by atoms with Gasteiger partial charge in [-0.15, -0.1) is 0 Å². The fourth-order valence-electron chi connectivity index (χ4n) is 1.70. The third kappa shape index (κ3) is 2.02. The van der Waals surface area contributed by atoms with E-state index in [1.54, 1.807) is 12.1 Å². The van der Waals surface area contributed by atoms with Gasteiger partial charge in [-0.05, 0) is 18.2 Å². The van der Waals surface area contributed by atoms with E-state index >= 15 is 0 Å². The summed E-state index contributed by atoms with van der Waals surface area (Å²) in [5.74, 6) is -1.74. The summed E-state index contributed by atoms with van der Waals surface area (Å²) in [5, 5.41) is 9.06. The first-order chi connectivity index (χ1) is 8.65.